The summed E-state index contributed by atoms with van der Waals surface area (Å²) in [4.78, 5) is 20.8. The molecule has 7 heteroatoms. The van der Waals surface area contributed by atoms with Crippen molar-refractivity contribution in [1.82, 2.24) is 9.97 Å². The molecule has 2 N–H and O–H groups in total. The summed E-state index contributed by atoms with van der Waals surface area (Å²) in [5, 5.41) is 16.0. The van der Waals surface area contributed by atoms with E-state index in [1.807, 2.05) is 30.5 Å². The molecule has 5 nitrogen and oxygen atoms in total. The van der Waals surface area contributed by atoms with Crippen molar-refractivity contribution in [3.8, 4) is 11.3 Å². The Morgan fingerprint density at radius 2 is 1.97 bits per heavy atom. The Labute approximate surface area is 189 Å². The number of carboxylic acid groups (broad SMARTS) is 1. The number of thioether (sulfide) groups is 1. The standard InChI is InChI=1S/C24H23N3O2S2/c1-15-16(5-6-21-19(15)8-10-31-21)7-9-25-23-13-20(26-14-27-23)17-3-4-18(12-24(28)29)22(11-17)30-2/h3-6,8,10-11,13-14H,7,9,12H2,1-2H3,(H,28,29)(H,25,26,27). The first-order chi connectivity index (χ1) is 15.0. The molecule has 0 aliphatic rings. The third-order valence-electron chi connectivity index (χ3n) is 5.31. The minimum atomic E-state index is -0.829. The van der Waals surface area contributed by atoms with Gasteiger partial charge in [0, 0.05) is 27.8 Å². The number of aryl methyl sites for hydroxylation is 1. The number of hydrogen-bond donors (Lipinski definition) is 2. The molecule has 0 fully saturated rings. The summed E-state index contributed by atoms with van der Waals surface area (Å²) in [6.45, 7) is 2.96. The molecule has 4 aromatic rings. The highest BCUT2D eigenvalue weighted by molar-refractivity contribution is 7.98. The zero-order chi connectivity index (χ0) is 21.8. The third kappa shape index (κ3) is 4.89. The van der Waals surface area contributed by atoms with Gasteiger partial charge in [-0.2, -0.15) is 0 Å². The van der Waals surface area contributed by atoms with Gasteiger partial charge < -0.3 is 10.4 Å². The first-order valence-electron chi connectivity index (χ1n) is 9.96. The number of fused-ring (bicyclic) bond motifs is 1. The van der Waals surface area contributed by atoms with Gasteiger partial charge in [0.2, 0.25) is 0 Å². The number of rotatable bonds is 8. The molecule has 0 saturated heterocycles. The Morgan fingerprint density at radius 3 is 2.77 bits per heavy atom. The number of carbonyl (C=O) groups is 1. The Hall–Kier alpha value is -2.90. The Balaban J connectivity index is 1.47. The number of aliphatic carboxylic acids is 1. The molecule has 0 aliphatic heterocycles. The molecule has 0 saturated carbocycles. The van der Waals surface area contributed by atoms with Crippen molar-refractivity contribution < 1.29 is 9.90 Å². The van der Waals surface area contributed by atoms with Crippen LogP contribution >= 0.6 is 23.1 Å². The van der Waals surface area contributed by atoms with Crippen LogP contribution in [0.1, 0.15) is 16.7 Å². The Morgan fingerprint density at radius 1 is 1.13 bits per heavy atom. The molecule has 2 aromatic heterocycles. The van der Waals surface area contributed by atoms with E-state index >= 15 is 0 Å². The van der Waals surface area contributed by atoms with Crippen LogP contribution in [-0.2, 0) is 17.6 Å². The predicted octanol–water partition coefficient (Wildman–Crippen LogP) is 5.67. The number of carboxylic acids is 1. The molecule has 4 rings (SSSR count). The second-order valence-electron chi connectivity index (χ2n) is 7.24. The summed E-state index contributed by atoms with van der Waals surface area (Å²) in [5.41, 5.74) is 5.25. The lowest BCUT2D eigenvalue weighted by molar-refractivity contribution is -0.136. The molecular formula is C24H23N3O2S2. The molecule has 31 heavy (non-hydrogen) atoms. The van der Waals surface area contributed by atoms with E-state index in [0.29, 0.717) is 0 Å². The van der Waals surface area contributed by atoms with Crippen molar-refractivity contribution in [2.45, 2.75) is 24.7 Å². The van der Waals surface area contributed by atoms with E-state index in [1.165, 1.54) is 21.2 Å². The molecule has 158 valence electrons. The summed E-state index contributed by atoms with van der Waals surface area (Å²) < 4.78 is 1.33. The SMILES string of the molecule is CSc1cc(-c2cc(NCCc3ccc4sccc4c3C)ncn2)ccc1CC(=O)O. The maximum atomic E-state index is 11.1. The van der Waals surface area contributed by atoms with E-state index in [4.69, 9.17) is 5.11 Å². The highest BCUT2D eigenvalue weighted by atomic mass is 32.2. The average Bonchev–Trinajstić information content (AvgIpc) is 3.25. The van der Waals surface area contributed by atoms with Crippen LogP contribution in [0.15, 0.2) is 59.1 Å². The van der Waals surface area contributed by atoms with Gasteiger partial charge in [-0.15, -0.1) is 23.1 Å². The minimum absolute atomic E-state index is 0.0175. The molecule has 0 spiro atoms. The Kier molecular flexibility index (Phi) is 6.53. The van der Waals surface area contributed by atoms with Gasteiger partial charge in [0.1, 0.15) is 12.1 Å². The first-order valence-corrected chi connectivity index (χ1v) is 12.1. The maximum Gasteiger partial charge on any atom is 0.307 e. The van der Waals surface area contributed by atoms with Crippen molar-refractivity contribution in [3.05, 3.63) is 70.9 Å². The van der Waals surface area contributed by atoms with Crippen LogP contribution in [-0.4, -0.2) is 33.8 Å². The molecule has 0 atom stereocenters. The second kappa shape index (κ2) is 9.49. The van der Waals surface area contributed by atoms with Crippen molar-refractivity contribution >= 4 is 45.0 Å². The number of aromatic nitrogens is 2. The topological polar surface area (TPSA) is 75.1 Å². The van der Waals surface area contributed by atoms with E-state index in [9.17, 15) is 4.79 Å². The second-order valence-corrected chi connectivity index (χ2v) is 9.04. The quantitative estimate of drug-likeness (QED) is 0.338. The van der Waals surface area contributed by atoms with Gasteiger partial charge in [-0.25, -0.2) is 9.97 Å². The molecular weight excluding hydrogens is 426 g/mol. The van der Waals surface area contributed by atoms with E-state index in [-0.39, 0.29) is 6.42 Å². The monoisotopic (exact) mass is 449 g/mol. The van der Waals surface area contributed by atoms with Gasteiger partial charge >= 0.3 is 5.97 Å². The average molecular weight is 450 g/mol. The highest BCUT2D eigenvalue weighted by Gasteiger charge is 2.10. The zero-order valence-electron chi connectivity index (χ0n) is 17.4. The summed E-state index contributed by atoms with van der Waals surface area (Å²) in [6.07, 6.45) is 4.44. The smallest absolute Gasteiger partial charge is 0.307 e. The molecule has 0 radical (unpaired) electrons. The Bertz CT molecular complexity index is 1240. The maximum absolute atomic E-state index is 11.1. The van der Waals surface area contributed by atoms with Crippen molar-refractivity contribution in [2.24, 2.45) is 0 Å². The van der Waals surface area contributed by atoms with Gasteiger partial charge in [0.05, 0.1) is 12.1 Å². The number of benzene rings is 2. The molecule has 0 aliphatic carbocycles. The minimum Gasteiger partial charge on any atom is -0.481 e. The van der Waals surface area contributed by atoms with Crippen LogP contribution in [0.4, 0.5) is 5.82 Å². The van der Waals surface area contributed by atoms with E-state index in [0.717, 1.165) is 40.5 Å². The van der Waals surface area contributed by atoms with E-state index in [2.05, 4.69) is 45.8 Å². The summed E-state index contributed by atoms with van der Waals surface area (Å²) in [6, 6.07) is 14.3. The number of hydrogen-bond acceptors (Lipinski definition) is 6. The lowest BCUT2D eigenvalue weighted by atomic mass is 10.0. The zero-order valence-corrected chi connectivity index (χ0v) is 19.0. The molecule has 0 bridgehead atoms. The van der Waals surface area contributed by atoms with E-state index < -0.39 is 5.97 Å². The fourth-order valence-corrected chi connectivity index (χ4v) is 5.15. The number of thiophene rings is 1. The van der Waals surface area contributed by atoms with Crippen molar-refractivity contribution in [3.63, 3.8) is 0 Å². The van der Waals surface area contributed by atoms with Crippen molar-refractivity contribution in [2.75, 3.05) is 18.1 Å². The van der Waals surface area contributed by atoms with Crippen LogP contribution in [0, 0.1) is 6.92 Å². The fourth-order valence-electron chi connectivity index (χ4n) is 3.65. The molecule has 0 amide bonds. The third-order valence-corrected chi connectivity index (χ3v) is 7.01. The van der Waals surface area contributed by atoms with Crippen LogP contribution in [0.25, 0.3) is 21.3 Å². The van der Waals surface area contributed by atoms with Gasteiger partial charge in [-0.05, 0) is 65.3 Å². The molecule has 2 aromatic carbocycles. The largest absolute Gasteiger partial charge is 0.481 e. The van der Waals surface area contributed by atoms with Gasteiger partial charge in [-0.1, -0.05) is 18.2 Å². The number of anilines is 1. The van der Waals surface area contributed by atoms with Crippen molar-refractivity contribution in [1.29, 1.82) is 0 Å². The number of nitrogens with one attached hydrogen (secondary N) is 1. The summed E-state index contributed by atoms with van der Waals surface area (Å²) >= 11 is 3.32. The summed E-state index contributed by atoms with van der Waals surface area (Å²) in [5.74, 6) is -0.0514. The normalized spacial score (nSPS) is 11.0. The molecule has 0 unspecified atom stereocenters. The van der Waals surface area contributed by atoms with Crippen LogP contribution in [0.2, 0.25) is 0 Å². The van der Waals surface area contributed by atoms with Crippen LogP contribution in [0.5, 0.6) is 0 Å². The fraction of sp³-hybridized carbons (Fsp3) is 0.208. The highest BCUT2D eigenvalue weighted by Crippen LogP contribution is 2.29. The summed E-state index contributed by atoms with van der Waals surface area (Å²) in [7, 11) is 0. The lowest BCUT2D eigenvalue weighted by Gasteiger charge is -2.11. The van der Waals surface area contributed by atoms with Gasteiger partial charge in [0.15, 0.2) is 0 Å². The lowest BCUT2D eigenvalue weighted by Crippen LogP contribution is -2.07. The van der Waals surface area contributed by atoms with Gasteiger partial charge in [0.25, 0.3) is 0 Å². The van der Waals surface area contributed by atoms with Gasteiger partial charge in [-0.3, -0.25) is 4.79 Å². The van der Waals surface area contributed by atoms with Crippen LogP contribution < -0.4 is 5.32 Å². The van der Waals surface area contributed by atoms with E-state index in [1.54, 1.807) is 29.4 Å². The molecule has 2 heterocycles. The first kappa shape index (κ1) is 21.3. The number of nitrogens with zero attached hydrogens (tertiary/aromatic N) is 2. The predicted molar refractivity (Wildman–Crippen MR) is 129 cm³/mol. The van der Waals surface area contributed by atoms with Crippen LogP contribution in [0.3, 0.4) is 0 Å².